The summed E-state index contributed by atoms with van der Waals surface area (Å²) in [6, 6.07) is 14.4. The van der Waals surface area contributed by atoms with Gasteiger partial charge in [-0.05, 0) is 37.1 Å². The number of amides is 1. The Hall–Kier alpha value is -4.60. The molecule has 15 heteroatoms. The van der Waals surface area contributed by atoms with Crippen LogP contribution in [0, 0.1) is 18.8 Å². The van der Waals surface area contributed by atoms with Crippen LogP contribution in [-0.2, 0) is 14.4 Å². The number of alkyl halides is 2. The van der Waals surface area contributed by atoms with Crippen LogP contribution in [0.3, 0.4) is 0 Å². The monoisotopic (exact) mass is 643 g/mol. The lowest BCUT2D eigenvalue weighted by molar-refractivity contribution is -0.118. The van der Waals surface area contributed by atoms with Crippen LogP contribution in [-0.4, -0.2) is 95.7 Å². The largest absolute Gasteiger partial charge is 0.383 e. The predicted octanol–water partition coefficient (Wildman–Crippen LogP) is 3.97. The Morgan fingerprint density at radius 1 is 1.11 bits per heavy atom. The average Bonchev–Trinajstić information content (AvgIpc) is 3.62. The number of hydrogen-bond acceptors (Lipinski definition) is 10. The number of anilines is 2. The first-order valence-electron chi connectivity index (χ1n) is 14.5. The van der Waals surface area contributed by atoms with Gasteiger partial charge in [0.25, 0.3) is 5.92 Å². The van der Waals surface area contributed by atoms with Crippen molar-refractivity contribution < 1.29 is 27.5 Å². The van der Waals surface area contributed by atoms with Gasteiger partial charge < -0.3 is 20.7 Å². The number of benzene rings is 1. The highest BCUT2D eigenvalue weighted by atomic mass is 19.3. The van der Waals surface area contributed by atoms with Crippen LogP contribution >= 0.6 is 0 Å². The summed E-state index contributed by atoms with van der Waals surface area (Å²) in [5, 5.41) is 9.84. The number of nitrogens with two attached hydrogens (primary N) is 1. The minimum Gasteiger partial charge on any atom is -0.383 e. The maximum Gasteiger partial charge on any atom is 0.282 e. The first-order chi connectivity index (χ1) is 22.1. The number of para-hydroxylation sites is 1. The van der Waals surface area contributed by atoms with Gasteiger partial charge in [0.1, 0.15) is 11.5 Å². The van der Waals surface area contributed by atoms with E-state index in [1.54, 1.807) is 31.6 Å². The third-order valence-electron chi connectivity index (χ3n) is 6.63. The van der Waals surface area contributed by atoms with Gasteiger partial charge in [-0.3, -0.25) is 9.63 Å². The second-order valence-corrected chi connectivity index (χ2v) is 10.4. The van der Waals surface area contributed by atoms with Crippen molar-refractivity contribution in [2.45, 2.75) is 19.8 Å². The van der Waals surface area contributed by atoms with Gasteiger partial charge in [0.15, 0.2) is 0 Å². The van der Waals surface area contributed by atoms with Crippen molar-refractivity contribution in [2.75, 3.05) is 63.8 Å². The molecule has 4 aromatic rings. The number of nitrogens with zero attached hydrogens (tertiary/aromatic N) is 7. The topological polar surface area (TPSA) is 137 Å². The lowest BCUT2D eigenvalue weighted by Crippen LogP contribution is -2.57. The molecule has 6 rings (SSSR count). The summed E-state index contributed by atoms with van der Waals surface area (Å²) in [5.41, 5.74) is 7.55. The van der Waals surface area contributed by atoms with E-state index in [-0.39, 0.29) is 19.5 Å². The van der Waals surface area contributed by atoms with Crippen molar-refractivity contribution in [1.82, 2.24) is 29.8 Å². The Morgan fingerprint density at radius 2 is 1.76 bits per heavy atom. The zero-order valence-electron chi connectivity index (χ0n) is 26.3. The number of carbonyl (C=O) groups excluding carboxylic acids is 1. The average molecular weight is 644 g/mol. The molecule has 12 nitrogen and oxygen atoms in total. The first kappa shape index (κ1) is 35.9. The number of rotatable bonds is 7. The smallest absolute Gasteiger partial charge is 0.282 e. The van der Waals surface area contributed by atoms with Crippen LogP contribution in [0.15, 0.2) is 67.1 Å². The number of carbonyl (C=O) groups is 1. The Labute approximate surface area is 266 Å². The summed E-state index contributed by atoms with van der Waals surface area (Å²) >= 11 is 0. The second-order valence-electron chi connectivity index (χ2n) is 10.4. The maximum absolute atomic E-state index is 13.0. The van der Waals surface area contributed by atoms with E-state index >= 15 is 0 Å². The quantitative estimate of drug-likeness (QED) is 0.225. The van der Waals surface area contributed by atoms with Crippen LogP contribution in [0.5, 0.6) is 0 Å². The number of halogens is 3. The number of methoxy groups -OCH3 is 1. The summed E-state index contributed by atoms with van der Waals surface area (Å²) < 4.78 is 44.5. The Morgan fingerprint density at radius 3 is 2.24 bits per heavy atom. The SMILES string of the molecule is CNc1c(C)c(-c2cnc(N3CC(F)(F)C3)nc2)nn1-c1ccccc1.COCCN1C[C@@H](C)CO1.Fc1ccccn1.NC=O. The van der Waals surface area contributed by atoms with E-state index in [0.717, 1.165) is 54.6 Å². The molecule has 0 unspecified atom stereocenters. The molecule has 3 aromatic heterocycles. The summed E-state index contributed by atoms with van der Waals surface area (Å²) in [5.74, 6) is -1.21. The van der Waals surface area contributed by atoms with E-state index < -0.39 is 11.9 Å². The molecule has 2 fully saturated rings. The third-order valence-corrected chi connectivity index (χ3v) is 6.63. The number of nitrogens with one attached hydrogen (secondary N) is 1. The van der Waals surface area contributed by atoms with Crippen molar-refractivity contribution >= 4 is 18.2 Å². The van der Waals surface area contributed by atoms with E-state index in [1.165, 1.54) is 17.2 Å². The summed E-state index contributed by atoms with van der Waals surface area (Å²) in [6.07, 6.45) is 4.92. The molecular weight excluding hydrogens is 603 g/mol. The molecule has 0 aliphatic carbocycles. The molecule has 46 heavy (non-hydrogen) atoms. The number of aromatic nitrogens is 5. The van der Waals surface area contributed by atoms with Crippen LogP contribution in [0.4, 0.5) is 24.9 Å². The fourth-order valence-electron chi connectivity index (χ4n) is 4.46. The van der Waals surface area contributed by atoms with Crippen molar-refractivity contribution in [3.05, 3.63) is 78.6 Å². The van der Waals surface area contributed by atoms with E-state index in [0.29, 0.717) is 11.9 Å². The van der Waals surface area contributed by atoms with Crippen molar-refractivity contribution in [2.24, 2.45) is 11.7 Å². The molecule has 0 radical (unpaired) electrons. The van der Waals surface area contributed by atoms with Crippen LogP contribution in [0.2, 0.25) is 0 Å². The summed E-state index contributed by atoms with van der Waals surface area (Å²) in [7, 11) is 3.55. The first-order valence-corrected chi connectivity index (χ1v) is 14.5. The molecule has 1 aromatic carbocycles. The van der Waals surface area contributed by atoms with Crippen molar-refractivity contribution in [1.29, 1.82) is 0 Å². The second kappa shape index (κ2) is 17.8. The molecule has 5 heterocycles. The molecular formula is C31H40F3N9O3. The van der Waals surface area contributed by atoms with E-state index in [2.05, 4.69) is 32.9 Å². The maximum atomic E-state index is 13.0. The van der Waals surface area contributed by atoms with Gasteiger partial charge in [0.05, 0.1) is 32.0 Å². The van der Waals surface area contributed by atoms with Crippen molar-refractivity contribution in [3.8, 4) is 16.9 Å². The van der Waals surface area contributed by atoms with Gasteiger partial charge in [-0.2, -0.15) is 14.6 Å². The molecule has 1 atom stereocenters. The number of hydrogen-bond donors (Lipinski definition) is 2. The standard InChI is InChI=1S/C18H18F2N6.C7H15NO2.C5H4FN.CH3NO/c1-12-15(24-26(16(12)21-2)14-6-4-3-5-7-14)13-8-22-17(23-9-13)25-10-18(19,20)11-25;1-7-5-8(10-6-7)3-4-9-2;6-5-3-1-2-4-7-5;2-1-3/h3-9,21H,10-11H2,1-2H3;7H,3-6H2,1-2H3;1-4H;1H,(H2,2,3)/t;7-;;/m.1../s1. The lowest BCUT2D eigenvalue weighted by atomic mass is 10.1. The molecule has 248 valence electrons. The molecule has 0 saturated carbocycles. The Bertz CT molecular complexity index is 1450. The Balaban J connectivity index is 0.000000234. The normalized spacial score (nSPS) is 16.4. The highest BCUT2D eigenvalue weighted by Crippen LogP contribution is 2.32. The molecule has 3 N–H and O–H groups in total. The Kier molecular flexibility index (Phi) is 13.9. The summed E-state index contributed by atoms with van der Waals surface area (Å²) in [6.45, 7) is 7.04. The van der Waals surface area contributed by atoms with E-state index in [1.807, 2.05) is 54.0 Å². The predicted molar refractivity (Wildman–Crippen MR) is 169 cm³/mol. The fraction of sp³-hybridized carbons (Fsp3) is 0.387. The van der Waals surface area contributed by atoms with Gasteiger partial charge in [-0.1, -0.05) is 31.2 Å². The summed E-state index contributed by atoms with van der Waals surface area (Å²) in [4.78, 5) is 27.1. The van der Waals surface area contributed by atoms with E-state index in [4.69, 9.17) is 19.5 Å². The van der Waals surface area contributed by atoms with Gasteiger partial charge in [0.2, 0.25) is 18.3 Å². The highest BCUT2D eigenvalue weighted by Gasteiger charge is 2.45. The number of primary amides is 1. The molecule has 0 bridgehead atoms. The zero-order valence-corrected chi connectivity index (χ0v) is 26.3. The van der Waals surface area contributed by atoms with Crippen LogP contribution in [0.25, 0.3) is 16.9 Å². The minimum atomic E-state index is -2.64. The zero-order chi connectivity index (χ0) is 33.5. The highest BCUT2D eigenvalue weighted by molar-refractivity contribution is 5.69. The minimum absolute atomic E-state index is 0.250. The number of hydroxylamine groups is 2. The van der Waals surface area contributed by atoms with E-state index in [9.17, 15) is 13.2 Å². The van der Waals surface area contributed by atoms with Crippen LogP contribution in [0.1, 0.15) is 12.5 Å². The molecule has 0 spiro atoms. The van der Waals surface area contributed by atoms with Gasteiger partial charge in [-0.15, -0.1) is 0 Å². The number of ether oxygens (including phenoxy) is 1. The van der Waals surface area contributed by atoms with Crippen molar-refractivity contribution in [3.63, 3.8) is 0 Å². The molecule has 2 aliphatic rings. The molecule has 2 saturated heterocycles. The number of pyridine rings is 1. The molecule has 1 amide bonds. The van der Waals surface area contributed by atoms with Gasteiger partial charge in [-0.25, -0.2) is 28.4 Å². The van der Waals surface area contributed by atoms with Gasteiger partial charge >= 0.3 is 0 Å². The fourth-order valence-corrected chi connectivity index (χ4v) is 4.46. The third kappa shape index (κ3) is 10.5. The molecule has 2 aliphatic heterocycles. The lowest BCUT2D eigenvalue weighted by Gasteiger charge is -2.38. The van der Waals surface area contributed by atoms with Gasteiger partial charge in [0, 0.05) is 57.0 Å². The van der Waals surface area contributed by atoms with Crippen LogP contribution < -0.4 is 16.0 Å².